The summed E-state index contributed by atoms with van der Waals surface area (Å²) in [5.41, 5.74) is 1.49. The van der Waals surface area contributed by atoms with Crippen LogP contribution in [0, 0.1) is 5.92 Å². The lowest BCUT2D eigenvalue weighted by molar-refractivity contribution is -0.131. The maximum atomic E-state index is 11.7. The molecule has 0 saturated heterocycles. The van der Waals surface area contributed by atoms with Crippen molar-refractivity contribution in [3.8, 4) is 0 Å². The molecule has 0 fully saturated rings. The van der Waals surface area contributed by atoms with Crippen molar-refractivity contribution < 1.29 is 4.79 Å². The zero-order chi connectivity index (χ0) is 11.4. The summed E-state index contributed by atoms with van der Waals surface area (Å²) in [5.74, 6) is 0.857. The van der Waals surface area contributed by atoms with Gasteiger partial charge in [0.1, 0.15) is 0 Å². The van der Waals surface area contributed by atoms with E-state index in [-0.39, 0.29) is 5.91 Å². The molecule has 3 heteroatoms. The molecule has 0 aromatic heterocycles. The minimum atomic E-state index is 0.235. The molecule has 1 heterocycles. The molecule has 1 amide bonds. The Morgan fingerprint density at radius 2 is 2.20 bits per heavy atom. The summed E-state index contributed by atoms with van der Waals surface area (Å²) in [6.45, 7) is 6.62. The monoisotopic (exact) mass is 210 g/mol. The smallest absolute Gasteiger partial charge is 0.237 e. The Morgan fingerprint density at radius 1 is 1.53 bits per heavy atom. The zero-order valence-electron chi connectivity index (χ0n) is 10.3. The van der Waals surface area contributed by atoms with Gasteiger partial charge in [-0.1, -0.05) is 25.5 Å². The molecular weight excluding hydrogens is 188 g/mol. The van der Waals surface area contributed by atoms with Gasteiger partial charge in [0, 0.05) is 13.1 Å². The van der Waals surface area contributed by atoms with E-state index >= 15 is 0 Å². The molecule has 0 radical (unpaired) electrons. The maximum absolute atomic E-state index is 11.7. The van der Waals surface area contributed by atoms with Gasteiger partial charge in [0.2, 0.25) is 5.91 Å². The highest BCUT2D eigenvalue weighted by atomic mass is 16.2. The number of amides is 1. The lowest BCUT2D eigenvalue weighted by atomic mass is 9.97. The number of hydrogen-bond donors (Lipinski definition) is 0. The molecule has 0 bridgehead atoms. The Kier molecular flexibility index (Phi) is 4.33. The second kappa shape index (κ2) is 5.31. The van der Waals surface area contributed by atoms with Crippen LogP contribution in [0.15, 0.2) is 11.6 Å². The van der Waals surface area contributed by atoms with E-state index in [1.165, 1.54) is 5.57 Å². The molecule has 0 aliphatic carbocycles. The third-order valence-electron chi connectivity index (χ3n) is 2.79. The normalized spacial score (nSPS) is 17.2. The molecule has 0 aromatic carbocycles. The standard InChI is InChI=1S/C12H22N2O/c1-10(2)11-5-7-14(8-6-11)12(15)9-13(3)4/h5,10H,6-9H2,1-4H3. The Labute approximate surface area is 92.7 Å². The van der Waals surface area contributed by atoms with E-state index in [1.54, 1.807) is 0 Å². The molecule has 1 aliphatic heterocycles. The zero-order valence-corrected chi connectivity index (χ0v) is 10.3. The van der Waals surface area contributed by atoms with Crippen molar-refractivity contribution in [1.29, 1.82) is 0 Å². The highest BCUT2D eigenvalue weighted by Crippen LogP contribution is 2.18. The first-order valence-electron chi connectivity index (χ1n) is 5.62. The van der Waals surface area contributed by atoms with Crippen LogP contribution in [-0.4, -0.2) is 49.4 Å². The summed E-state index contributed by atoms with van der Waals surface area (Å²) in [5, 5.41) is 0. The van der Waals surface area contributed by atoms with Crippen molar-refractivity contribution in [2.45, 2.75) is 20.3 Å². The fourth-order valence-corrected chi connectivity index (χ4v) is 1.81. The average Bonchev–Trinajstić information content (AvgIpc) is 2.17. The second-order valence-electron chi connectivity index (χ2n) is 4.76. The molecule has 0 N–H and O–H groups in total. The number of carbonyl (C=O) groups is 1. The van der Waals surface area contributed by atoms with E-state index in [0.717, 1.165) is 19.5 Å². The van der Waals surface area contributed by atoms with Crippen LogP contribution >= 0.6 is 0 Å². The molecular formula is C12H22N2O. The van der Waals surface area contributed by atoms with Crippen molar-refractivity contribution in [2.75, 3.05) is 33.7 Å². The summed E-state index contributed by atoms with van der Waals surface area (Å²) in [7, 11) is 3.86. The molecule has 0 saturated carbocycles. The predicted octanol–water partition coefficient (Wildman–Crippen LogP) is 1.36. The molecule has 15 heavy (non-hydrogen) atoms. The highest BCUT2D eigenvalue weighted by Gasteiger charge is 2.18. The van der Waals surface area contributed by atoms with Gasteiger partial charge in [-0.2, -0.15) is 0 Å². The van der Waals surface area contributed by atoms with E-state index < -0.39 is 0 Å². The summed E-state index contributed by atoms with van der Waals surface area (Å²) in [6.07, 6.45) is 3.25. The van der Waals surface area contributed by atoms with E-state index in [9.17, 15) is 4.79 Å². The average molecular weight is 210 g/mol. The van der Waals surface area contributed by atoms with Gasteiger partial charge in [0.15, 0.2) is 0 Å². The minimum Gasteiger partial charge on any atom is -0.338 e. The molecule has 0 unspecified atom stereocenters. The Hall–Kier alpha value is -0.830. The van der Waals surface area contributed by atoms with Crippen LogP contribution in [0.4, 0.5) is 0 Å². The van der Waals surface area contributed by atoms with Gasteiger partial charge in [-0.3, -0.25) is 4.79 Å². The third-order valence-corrected chi connectivity index (χ3v) is 2.79. The van der Waals surface area contributed by atoms with Gasteiger partial charge >= 0.3 is 0 Å². The SMILES string of the molecule is CC(C)C1=CCN(C(=O)CN(C)C)CC1. The molecule has 0 atom stereocenters. The third kappa shape index (κ3) is 3.67. The molecule has 0 spiro atoms. The second-order valence-corrected chi connectivity index (χ2v) is 4.76. The van der Waals surface area contributed by atoms with Gasteiger partial charge in [0.25, 0.3) is 0 Å². The van der Waals surface area contributed by atoms with E-state index in [0.29, 0.717) is 12.5 Å². The fourth-order valence-electron chi connectivity index (χ4n) is 1.81. The fraction of sp³-hybridized carbons (Fsp3) is 0.750. The first-order valence-corrected chi connectivity index (χ1v) is 5.62. The van der Waals surface area contributed by atoms with Crippen molar-refractivity contribution in [3.63, 3.8) is 0 Å². The predicted molar refractivity (Wildman–Crippen MR) is 62.7 cm³/mol. The highest BCUT2D eigenvalue weighted by molar-refractivity contribution is 5.78. The van der Waals surface area contributed by atoms with Crippen molar-refractivity contribution >= 4 is 5.91 Å². The minimum absolute atomic E-state index is 0.235. The van der Waals surface area contributed by atoms with Crippen LogP contribution < -0.4 is 0 Å². The van der Waals surface area contributed by atoms with Crippen LogP contribution in [0.3, 0.4) is 0 Å². The summed E-state index contributed by atoms with van der Waals surface area (Å²) in [4.78, 5) is 15.6. The number of hydrogen-bond acceptors (Lipinski definition) is 2. The van der Waals surface area contributed by atoms with Crippen LogP contribution in [0.1, 0.15) is 20.3 Å². The number of rotatable bonds is 3. The Bertz CT molecular complexity index is 256. The molecule has 86 valence electrons. The first-order chi connectivity index (χ1) is 7.00. The van der Waals surface area contributed by atoms with Gasteiger partial charge in [-0.25, -0.2) is 0 Å². The largest absolute Gasteiger partial charge is 0.338 e. The number of likely N-dealkylation sites (N-methyl/N-ethyl adjacent to an activating group) is 1. The van der Waals surface area contributed by atoms with Crippen LogP contribution in [-0.2, 0) is 4.79 Å². The van der Waals surface area contributed by atoms with Crippen LogP contribution in [0.2, 0.25) is 0 Å². The lowest BCUT2D eigenvalue weighted by Crippen LogP contribution is -2.40. The molecule has 3 nitrogen and oxygen atoms in total. The lowest BCUT2D eigenvalue weighted by Gasteiger charge is -2.28. The Balaban J connectivity index is 2.46. The van der Waals surface area contributed by atoms with Gasteiger partial charge in [-0.05, 0) is 26.4 Å². The Morgan fingerprint density at radius 3 is 2.60 bits per heavy atom. The van der Waals surface area contributed by atoms with Crippen LogP contribution in [0.5, 0.6) is 0 Å². The molecule has 1 rings (SSSR count). The topological polar surface area (TPSA) is 23.6 Å². The number of nitrogens with zero attached hydrogens (tertiary/aromatic N) is 2. The quantitative estimate of drug-likeness (QED) is 0.657. The van der Waals surface area contributed by atoms with Gasteiger partial charge in [0.05, 0.1) is 6.54 Å². The maximum Gasteiger partial charge on any atom is 0.237 e. The van der Waals surface area contributed by atoms with Crippen molar-refractivity contribution in [2.24, 2.45) is 5.92 Å². The van der Waals surface area contributed by atoms with Crippen molar-refractivity contribution in [3.05, 3.63) is 11.6 Å². The first kappa shape index (κ1) is 12.2. The summed E-state index contributed by atoms with van der Waals surface area (Å²) >= 11 is 0. The van der Waals surface area contributed by atoms with Gasteiger partial charge < -0.3 is 9.80 Å². The van der Waals surface area contributed by atoms with E-state index in [4.69, 9.17) is 0 Å². The molecule has 1 aliphatic rings. The summed E-state index contributed by atoms with van der Waals surface area (Å²) in [6, 6.07) is 0. The van der Waals surface area contributed by atoms with E-state index in [1.807, 2.05) is 23.9 Å². The van der Waals surface area contributed by atoms with Crippen molar-refractivity contribution in [1.82, 2.24) is 9.80 Å². The van der Waals surface area contributed by atoms with Gasteiger partial charge in [-0.15, -0.1) is 0 Å². The molecule has 0 aromatic rings. The number of carbonyl (C=O) groups excluding carboxylic acids is 1. The van der Waals surface area contributed by atoms with Crippen LogP contribution in [0.25, 0.3) is 0 Å². The van der Waals surface area contributed by atoms with E-state index in [2.05, 4.69) is 19.9 Å². The summed E-state index contributed by atoms with van der Waals surface area (Å²) < 4.78 is 0.